The maximum atomic E-state index is 12.3. The van der Waals surface area contributed by atoms with Crippen molar-refractivity contribution in [2.75, 3.05) is 10.6 Å². The van der Waals surface area contributed by atoms with Gasteiger partial charge in [0.05, 0.1) is 16.5 Å². The van der Waals surface area contributed by atoms with Crippen molar-refractivity contribution in [3.63, 3.8) is 0 Å². The van der Waals surface area contributed by atoms with Gasteiger partial charge in [-0.15, -0.1) is 0 Å². The quantitative estimate of drug-likeness (QED) is 0.759. The van der Waals surface area contributed by atoms with Gasteiger partial charge < -0.3 is 15.1 Å². The molecule has 0 saturated heterocycles. The number of fused-ring (bicyclic) bond motifs is 1. The Kier molecular flexibility index (Phi) is 3.57. The summed E-state index contributed by atoms with van der Waals surface area (Å²) in [5.41, 5.74) is 1.51. The first-order valence-electron chi connectivity index (χ1n) is 7.62. The molecule has 0 bridgehead atoms. The Hall–Kier alpha value is -2.67. The third kappa shape index (κ3) is 2.90. The lowest BCUT2D eigenvalue weighted by Crippen LogP contribution is -2.14. The summed E-state index contributed by atoms with van der Waals surface area (Å²) in [5.74, 6) is 0.820. The van der Waals surface area contributed by atoms with Crippen molar-refractivity contribution in [3.8, 4) is 0 Å². The smallest absolute Gasteiger partial charge is 0.230 e. The number of benzene rings is 1. The molecule has 7 heteroatoms. The lowest BCUT2D eigenvalue weighted by Gasteiger charge is -1.99. The molecule has 1 aliphatic rings. The largest absolute Gasteiger partial charge is 0.469 e. The third-order valence-electron chi connectivity index (χ3n) is 3.97. The molecule has 1 aromatic carbocycles. The molecular formula is C17H15N3O3S. The Bertz CT molecular complexity index is 916. The van der Waals surface area contributed by atoms with Crippen LogP contribution in [0.1, 0.15) is 25.0 Å². The van der Waals surface area contributed by atoms with Gasteiger partial charge in [-0.05, 0) is 36.8 Å². The highest BCUT2D eigenvalue weighted by Crippen LogP contribution is 2.48. The molecule has 24 heavy (non-hydrogen) atoms. The molecule has 1 saturated carbocycles. The van der Waals surface area contributed by atoms with Crippen LogP contribution in [0.15, 0.2) is 41.0 Å². The summed E-state index contributed by atoms with van der Waals surface area (Å²) in [4.78, 5) is 27.9. The first-order valence-corrected chi connectivity index (χ1v) is 8.44. The topological polar surface area (TPSA) is 84.2 Å². The van der Waals surface area contributed by atoms with E-state index in [9.17, 15) is 9.59 Å². The van der Waals surface area contributed by atoms with E-state index in [1.165, 1.54) is 18.3 Å². The Balaban J connectivity index is 1.46. The number of nitrogens with zero attached hydrogens (tertiary/aromatic N) is 1. The fraction of sp³-hybridized carbons (Fsp3) is 0.235. The van der Waals surface area contributed by atoms with Crippen LogP contribution in [0.5, 0.6) is 0 Å². The number of aromatic nitrogens is 1. The number of hydrogen-bond acceptors (Lipinski definition) is 5. The average Bonchev–Trinajstić information content (AvgIpc) is 2.97. The standard InChI is InChI=1S/C17H15N3O3S/c1-9(21)18-10-4-5-13-15(7-10)24-17(19-13)20-16(22)12-8-11(12)14-3-2-6-23-14/h2-7,11-12H,8H2,1H3,(H,18,21)(H,19,20,22). The van der Waals surface area contributed by atoms with Crippen LogP contribution in [0.2, 0.25) is 0 Å². The second-order valence-corrected chi connectivity index (χ2v) is 6.87. The van der Waals surface area contributed by atoms with Crippen LogP contribution in [0.3, 0.4) is 0 Å². The van der Waals surface area contributed by atoms with Gasteiger partial charge in [-0.3, -0.25) is 9.59 Å². The van der Waals surface area contributed by atoms with Crippen LogP contribution in [-0.2, 0) is 9.59 Å². The zero-order valence-corrected chi connectivity index (χ0v) is 13.7. The van der Waals surface area contributed by atoms with Crippen molar-refractivity contribution < 1.29 is 14.0 Å². The molecule has 2 amide bonds. The van der Waals surface area contributed by atoms with E-state index in [1.54, 1.807) is 12.3 Å². The summed E-state index contributed by atoms with van der Waals surface area (Å²) < 4.78 is 6.27. The van der Waals surface area contributed by atoms with E-state index >= 15 is 0 Å². The van der Waals surface area contributed by atoms with Crippen molar-refractivity contribution in [2.24, 2.45) is 5.92 Å². The van der Waals surface area contributed by atoms with Crippen molar-refractivity contribution in [3.05, 3.63) is 42.4 Å². The van der Waals surface area contributed by atoms with Crippen LogP contribution in [0.25, 0.3) is 10.2 Å². The number of carbonyl (C=O) groups is 2. The number of thiazole rings is 1. The fourth-order valence-corrected chi connectivity index (χ4v) is 3.67. The number of hydrogen-bond donors (Lipinski definition) is 2. The number of nitrogens with one attached hydrogen (secondary N) is 2. The van der Waals surface area contributed by atoms with E-state index < -0.39 is 0 Å². The van der Waals surface area contributed by atoms with E-state index in [0.717, 1.165) is 28.1 Å². The molecule has 0 spiro atoms. The van der Waals surface area contributed by atoms with Gasteiger partial charge >= 0.3 is 0 Å². The monoisotopic (exact) mass is 341 g/mol. The van der Waals surface area contributed by atoms with Gasteiger partial charge in [0.1, 0.15) is 5.76 Å². The van der Waals surface area contributed by atoms with Crippen LogP contribution in [0.4, 0.5) is 10.8 Å². The van der Waals surface area contributed by atoms with Gasteiger partial charge in [0.2, 0.25) is 11.8 Å². The van der Waals surface area contributed by atoms with Crippen molar-refractivity contribution in [1.29, 1.82) is 0 Å². The summed E-state index contributed by atoms with van der Waals surface area (Å²) in [7, 11) is 0. The molecule has 2 atom stereocenters. The summed E-state index contributed by atoms with van der Waals surface area (Å²) in [6.45, 7) is 1.47. The van der Waals surface area contributed by atoms with Crippen LogP contribution in [0, 0.1) is 5.92 Å². The minimum absolute atomic E-state index is 0.0301. The van der Waals surface area contributed by atoms with Gasteiger partial charge in [-0.1, -0.05) is 11.3 Å². The Morgan fingerprint density at radius 3 is 2.92 bits per heavy atom. The molecule has 4 rings (SSSR count). The predicted octanol–water partition coefficient (Wildman–Crippen LogP) is 3.59. The third-order valence-corrected chi connectivity index (χ3v) is 4.91. The summed E-state index contributed by atoms with van der Waals surface area (Å²) in [6.07, 6.45) is 2.43. The van der Waals surface area contributed by atoms with Gasteiger partial charge in [0.15, 0.2) is 5.13 Å². The molecule has 122 valence electrons. The van der Waals surface area contributed by atoms with Crippen LogP contribution < -0.4 is 10.6 Å². The first-order chi connectivity index (χ1) is 11.6. The van der Waals surface area contributed by atoms with Crippen molar-refractivity contribution in [1.82, 2.24) is 4.98 Å². The Morgan fingerprint density at radius 1 is 1.29 bits per heavy atom. The lowest BCUT2D eigenvalue weighted by molar-refractivity contribution is -0.117. The van der Waals surface area contributed by atoms with Crippen LogP contribution in [-0.4, -0.2) is 16.8 Å². The Morgan fingerprint density at radius 2 is 2.17 bits per heavy atom. The molecule has 3 aromatic rings. The molecule has 2 aromatic heterocycles. The molecule has 0 radical (unpaired) electrons. The minimum Gasteiger partial charge on any atom is -0.469 e. The zero-order chi connectivity index (χ0) is 16.7. The van der Waals surface area contributed by atoms with Crippen LogP contribution >= 0.6 is 11.3 Å². The second-order valence-electron chi connectivity index (χ2n) is 5.84. The van der Waals surface area contributed by atoms with E-state index in [-0.39, 0.29) is 23.7 Å². The predicted molar refractivity (Wildman–Crippen MR) is 92.1 cm³/mol. The lowest BCUT2D eigenvalue weighted by atomic mass is 10.2. The zero-order valence-electron chi connectivity index (χ0n) is 12.9. The number of amides is 2. The molecule has 0 aliphatic heterocycles. The first kappa shape index (κ1) is 14.9. The second kappa shape index (κ2) is 5.76. The molecule has 2 N–H and O–H groups in total. The highest BCUT2D eigenvalue weighted by atomic mass is 32.1. The summed E-state index contributed by atoms with van der Waals surface area (Å²) in [5, 5.41) is 6.19. The number of rotatable bonds is 4. The Labute approximate surface area is 141 Å². The highest BCUT2D eigenvalue weighted by Gasteiger charge is 2.46. The number of carbonyl (C=O) groups excluding carboxylic acids is 2. The SMILES string of the molecule is CC(=O)Nc1ccc2nc(NC(=O)C3CC3c3ccco3)sc2c1. The van der Waals surface area contributed by atoms with Gasteiger partial charge in [0, 0.05) is 24.4 Å². The normalized spacial score (nSPS) is 19.2. The minimum atomic E-state index is -0.120. The molecule has 2 unspecified atom stereocenters. The molecule has 2 heterocycles. The van der Waals surface area contributed by atoms with E-state index in [0.29, 0.717) is 5.13 Å². The summed E-state index contributed by atoms with van der Waals surface area (Å²) in [6, 6.07) is 9.22. The van der Waals surface area contributed by atoms with E-state index in [1.807, 2.05) is 24.3 Å². The molecule has 6 nitrogen and oxygen atoms in total. The van der Waals surface area contributed by atoms with Crippen molar-refractivity contribution in [2.45, 2.75) is 19.3 Å². The molecular weight excluding hydrogens is 326 g/mol. The van der Waals surface area contributed by atoms with Gasteiger partial charge in [0.25, 0.3) is 0 Å². The maximum Gasteiger partial charge on any atom is 0.230 e. The molecule has 1 fully saturated rings. The van der Waals surface area contributed by atoms with E-state index in [4.69, 9.17) is 4.42 Å². The molecule has 1 aliphatic carbocycles. The van der Waals surface area contributed by atoms with Crippen molar-refractivity contribution >= 4 is 44.2 Å². The van der Waals surface area contributed by atoms with Gasteiger partial charge in [-0.25, -0.2) is 4.98 Å². The maximum absolute atomic E-state index is 12.3. The number of anilines is 2. The van der Waals surface area contributed by atoms with Gasteiger partial charge in [-0.2, -0.15) is 0 Å². The van der Waals surface area contributed by atoms with E-state index in [2.05, 4.69) is 15.6 Å². The highest BCUT2D eigenvalue weighted by molar-refractivity contribution is 7.22. The average molecular weight is 341 g/mol. The number of furan rings is 1. The fourth-order valence-electron chi connectivity index (χ4n) is 2.76. The summed E-state index contributed by atoms with van der Waals surface area (Å²) >= 11 is 1.39.